The van der Waals surface area contributed by atoms with E-state index in [2.05, 4.69) is 15.7 Å². The summed E-state index contributed by atoms with van der Waals surface area (Å²) in [6.45, 7) is 5.86. The third-order valence-corrected chi connectivity index (χ3v) is 4.01. The Labute approximate surface area is 148 Å². The highest BCUT2D eigenvalue weighted by atomic mass is 16.2. The second-order valence-electron chi connectivity index (χ2n) is 6.24. The van der Waals surface area contributed by atoms with Crippen LogP contribution in [0.5, 0.6) is 0 Å². The van der Waals surface area contributed by atoms with E-state index in [-0.39, 0.29) is 18.0 Å². The van der Waals surface area contributed by atoms with Crippen LogP contribution in [-0.2, 0) is 18.4 Å². The molecule has 0 saturated heterocycles. The Hall–Kier alpha value is -2.83. The van der Waals surface area contributed by atoms with Crippen molar-refractivity contribution in [3.8, 4) is 0 Å². The Morgan fingerprint density at radius 2 is 2.08 bits per heavy atom. The molecule has 1 atom stereocenters. The number of benzene rings is 1. The number of rotatable bonds is 5. The van der Waals surface area contributed by atoms with Crippen molar-refractivity contribution in [3.63, 3.8) is 0 Å². The van der Waals surface area contributed by atoms with E-state index in [1.807, 2.05) is 51.4 Å². The van der Waals surface area contributed by atoms with Crippen LogP contribution >= 0.6 is 0 Å². The van der Waals surface area contributed by atoms with Gasteiger partial charge >= 0.3 is 6.03 Å². The third-order valence-electron chi connectivity index (χ3n) is 4.01. The van der Waals surface area contributed by atoms with E-state index in [9.17, 15) is 9.59 Å². The molecule has 1 aromatic carbocycles. The highest BCUT2D eigenvalue weighted by Crippen LogP contribution is 2.16. The molecule has 7 nitrogen and oxygen atoms in total. The number of urea groups is 1. The van der Waals surface area contributed by atoms with Gasteiger partial charge in [0, 0.05) is 45.0 Å². The topological polar surface area (TPSA) is 79.3 Å². The number of carbonyl (C=O) groups excluding carboxylic acids is 2. The van der Waals surface area contributed by atoms with Crippen LogP contribution in [0.3, 0.4) is 0 Å². The van der Waals surface area contributed by atoms with Crippen LogP contribution in [0.1, 0.15) is 36.7 Å². The van der Waals surface area contributed by atoms with Crippen LogP contribution in [0.2, 0.25) is 0 Å². The molecule has 25 heavy (non-hydrogen) atoms. The predicted octanol–water partition coefficient (Wildman–Crippen LogP) is 2.59. The molecule has 0 saturated carbocycles. The second kappa shape index (κ2) is 7.83. The number of anilines is 1. The first-order valence-corrected chi connectivity index (χ1v) is 8.14. The van der Waals surface area contributed by atoms with Gasteiger partial charge in [-0.3, -0.25) is 9.48 Å². The number of amides is 3. The van der Waals surface area contributed by atoms with Crippen molar-refractivity contribution in [1.29, 1.82) is 0 Å². The van der Waals surface area contributed by atoms with Gasteiger partial charge in [0.05, 0.1) is 11.7 Å². The van der Waals surface area contributed by atoms with Crippen molar-refractivity contribution in [3.05, 3.63) is 47.3 Å². The van der Waals surface area contributed by atoms with Gasteiger partial charge in [0.15, 0.2) is 0 Å². The number of aromatic nitrogens is 2. The highest BCUT2D eigenvalue weighted by molar-refractivity contribution is 5.89. The lowest BCUT2D eigenvalue weighted by Crippen LogP contribution is -2.31. The Balaban J connectivity index is 1.98. The maximum absolute atomic E-state index is 12.2. The molecule has 0 spiro atoms. The molecule has 3 amide bonds. The molecule has 0 aliphatic carbocycles. The van der Waals surface area contributed by atoms with Gasteiger partial charge in [-0.25, -0.2) is 4.79 Å². The molecule has 1 unspecified atom stereocenters. The molecule has 0 aliphatic heterocycles. The lowest BCUT2D eigenvalue weighted by molar-refractivity contribution is -0.128. The average Bonchev–Trinajstić information content (AvgIpc) is 2.86. The fourth-order valence-corrected chi connectivity index (χ4v) is 2.62. The lowest BCUT2D eigenvalue weighted by atomic mass is 10.1. The zero-order valence-corrected chi connectivity index (χ0v) is 15.3. The molecule has 1 aromatic heterocycles. The van der Waals surface area contributed by atoms with Crippen molar-refractivity contribution in [1.82, 2.24) is 20.0 Å². The maximum atomic E-state index is 12.2. The molecule has 0 radical (unpaired) electrons. The number of aryl methyl sites for hydroxylation is 2. The molecule has 7 heteroatoms. The van der Waals surface area contributed by atoms with Gasteiger partial charge in [0.2, 0.25) is 5.91 Å². The Kier molecular flexibility index (Phi) is 5.80. The maximum Gasteiger partial charge on any atom is 0.319 e. The summed E-state index contributed by atoms with van der Waals surface area (Å²) < 4.78 is 1.73. The molecular formula is C18H25N5O2. The standard InChI is InChI=1S/C18H25N5O2/c1-12(17-11-23(5)21-13(17)2)19-18(25)20-16-8-6-7-15(9-16)10-22(4)14(3)24/h6-9,11-12H,10H2,1-5H3,(H2,19,20,25). The van der Waals surface area contributed by atoms with Crippen molar-refractivity contribution in [2.24, 2.45) is 7.05 Å². The average molecular weight is 343 g/mol. The van der Waals surface area contributed by atoms with Crippen LogP contribution in [0.25, 0.3) is 0 Å². The third kappa shape index (κ3) is 5.07. The molecule has 2 N–H and O–H groups in total. The Bertz CT molecular complexity index is 769. The van der Waals surface area contributed by atoms with Crippen molar-refractivity contribution in [2.45, 2.75) is 33.4 Å². The summed E-state index contributed by atoms with van der Waals surface area (Å²) in [6.07, 6.45) is 1.90. The fraction of sp³-hybridized carbons (Fsp3) is 0.389. The molecule has 0 aliphatic rings. The number of hydrogen-bond acceptors (Lipinski definition) is 3. The molecule has 2 aromatic rings. The molecule has 2 rings (SSSR count). The second-order valence-corrected chi connectivity index (χ2v) is 6.24. The van der Waals surface area contributed by atoms with E-state index in [0.29, 0.717) is 12.2 Å². The largest absolute Gasteiger partial charge is 0.342 e. The summed E-state index contributed by atoms with van der Waals surface area (Å²) in [5, 5.41) is 10.0. The van der Waals surface area contributed by atoms with Crippen LogP contribution < -0.4 is 10.6 Å². The molecule has 134 valence electrons. The lowest BCUT2D eigenvalue weighted by Gasteiger charge is -2.16. The first-order valence-electron chi connectivity index (χ1n) is 8.14. The van der Waals surface area contributed by atoms with Crippen LogP contribution in [0.4, 0.5) is 10.5 Å². The SMILES string of the molecule is CC(=O)N(C)Cc1cccc(NC(=O)NC(C)c2cn(C)nc2C)c1. The summed E-state index contributed by atoms with van der Waals surface area (Å²) in [4.78, 5) is 25.2. The highest BCUT2D eigenvalue weighted by Gasteiger charge is 2.14. The first kappa shape index (κ1) is 18.5. The van der Waals surface area contributed by atoms with E-state index in [4.69, 9.17) is 0 Å². The number of nitrogens with one attached hydrogen (secondary N) is 2. The summed E-state index contributed by atoms with van der Waals surface area (Å²) in [5.41, 5.74) is 3.51. The summed E-state index contributed by atoms with van der Waals surface area (Å²) in [5.74, 6) is -0.00299. The van der Waals surface area contributed by atoms with Gasteiger partial charge in [-0.05, 0) is 31.5 Å². The first-order chi connectivity index (χ1) is 11.8. The minimum absolute atomic E-state index is 0.00299. The van der Waals surface area contributed by atoms with E-state index < -0.39 is 0 Å². The minimum Gasteiger partial charge on any atom is -0.342 e. The van der Waals surface area contributed by atoms with Crippen molar-refractivity contribution in [2.75, 3.05) is 12.4 Å². The van der Waals surface area contributed by atoms with E-state index in [1.165, 1.54) is 6.92 Å². The number of nitrogens with zero attached hydrogens (tertiary/aromatic N) is 3. The van der Waals surface area contributed by atoms with E-state index in [1.54, 1.807) is 16.6 Å². The monoisotopic (exact) mass is 343 g/mol. The molecule has 1 heterocycles. The smallest absolute Gasteiger partial charge is 0.319 e. The van der Waals surface area contributed by atoms with Crippen LogP contribution in [0.15, 0.2) is 30.5 Å². The molecule has 0 bridgehead atoms. The van der Waals surface area contributed by atoms with Crippen molar-refractivity contribution < 1.29 is 9.59 Å². The summed E-state index contributed by atoms with van der Waals surface area (Å²) in [7, 11) is 3.60. The molecular weight excluding hydrogens is 318 g/mol. The summed E-state index contributed by atoms with van der Waals surface area (Å²) in [6, 6.07) is 7.02. The van der Waals surface area contributed by atoms with Crippen LogP contribution in [0, 0.1) is 6.92 Å². The Morgan fingerprint density at radius 1 is 1.36 bits per heavy atom. The number of hydrogen-bond donors (Lipinski definition) is 2. The quantitative estimate of drug-likeness (QED) is 0.876. The predicted molar refractivity (Wildman–Crippen MR) is 97.1 cm³/mol. The van der Waals surface area contributed by atoms with E-state index >= 15 is 0 Å². The molecule has 0 fully saturated rings. The zero-order valence-electron chi connectivity index (χ0n) is 15.3. The van der Waals surface area contributed by atoms with Gasteiger partial charge in [-0.1, -0.05) is 12.1 Å². The normalized spacial score (nSPS) is 11.7. The van der Waals surface area contributed by atoms with Gasteiger partial charge in [-0.15, -0.1) is 0 Å². The van der Waals surface area contributed by atoms with Gasteiger partial charge in [0.25, 0.3) is 0 Å². The zero-order chi connectivity index (χ0) is 18.6. The van der Waals surface area contributed by atoms with Gasteiger partial charge in [0.1, 0.15) is 0 Å². The number of carbonyl (C=O) groups is 2. The van der Waals surface area contributed by atoms with Gasteiger partial charge < -0.3 is 15.5 Å². The van der Waals surface area contributed by atoms with Crippen LogP contribution in [-0.4, -0.2) is 33.7 Å². The summed E-state index contributed by atoms with van der Waals surface area (Å²) >= 11 is 0. The van der Waals surface area contributed by atoms with Gasteiger partial charge in [-0.2, -0.15) is 5.10 Å². The van der Waals surface area contributed by atoms with E-state index in [0.717, 1.165) is 16.8 Å². The Morgan fingerprint density at radius 3 is 2.68 bits per heavy atom. The fourth-order valence-electron chi connectivity index (χ4n) is 2.62. The minimum atomic E-state index is -0.284. The van der Waals surface area contributed by atoms with Crippen molar-refractivity contribution >= 4 is 17.6 Å².